The second-order valence-electron chi connectivity index (χ2n) is 9.45. The summed E-state index contributed by atoms with van der Waals surface area (Å²) >= 11 is 0. The monoisotopic (exact) mass is 469 g/mol. The fraction of sp³-hybridized carbons (Fsp3) is 0.480. The smallest absolute Gasteiger partial charge is 0.320 e. The van der Waals surface area contributed by atoms with Crippen molar-refractivity contribution in [3.63, 3.8) is 0 Å². The number of benzene rings is 1. The van der Waals surface area contributed by atoms with Gasteiger partial charge in [0.15, 0.2) is 17.5 Å². The fourth-order valence-electron chi connectivity index (χ4n) is 5.29. The van der Waals surface area contributed by atoms with Crippen LogP contribution in [0.4, 0.5) is 14.5 Å². The van der Waals surface area contributed by atoms with E-state index in [-0.39, 0.29) is 11.8 Å². The van der Waals surface area contributed by atoms with E-state index < -0.39 is 11.6 Å². The summed E-state index contributed by atoms with van der Waals surface area (Å²) in [6, 6.07) is 7.81. The van der Waals surface area contributed by atoms with Gasteiger partial charge >= 0.3 is 6.01 Å². The van der Waals surface area contributed by atoms with Gasteiger partial charge in [-0.2, -0.15) is 10.1 Å². The summed E-state index contributed by atoms with van der Waals surface area (Å²) in [5, 5.41) is 4.71. The van der Waals surface area contributed by atoms with Crippen LogP contribution in [0.25, 0.3) is 0 Å². The van der Waals surface area contributed by atoms with Crippen molar-refractivity contribution in [2.75, 3.05) is 25.1 Å². The quantitative estimate of drug-likeness (QED) is 0.483. The number of hydrogen-bond acceptors (Lipinski definition) is 6. The maximum absolute atomic E-state index is 13.6. The maximum atomic E-state index is 13.6. The Morgan fingerprint density at radius 2 is 1.82 bits per heavy atom. The van der Waals surface area contributed by atoms with E-state index in [0.717, 1.165) is 43.2 Å². The number of aromatic nitrogens is 4. The van der Waals surface area contributed by atoms with E-state index in [1.165, 1.54) is 18.9 Å². The highest BCUT2D eigenvalue weighted by Crippen LogP contribution is 2.44. The van der Waals surface area contributed by atoms with Crippen molar-refractivity contribution in [2.24, 2.45) is 17.8 Å². The fourth-order valence-corrected chi connectivity index (χ4v) is 5.29. The number of hydrogen-bond donors (Lipinski definition) is 0. The van der Waals surface area contributed by atoms with E-state index in [4.69, 9.17) is 14.6 Å². The number of rotatable bonds is 7. The predicted octanol–water partition coefficient (Wildman–Crippen LogP) is 5.04. The number of pyridine rings is 1. The Morgan fingerprint density at radius 1 is 1.06 bits per heavy atom. The van der Waals surface area contributed by atoms with E-state index in [9.17, 15) is 8.78 Å². The van der Waals surface area contributed by atoms with Gasteiger partial charge in [-0.25, -0.2) is 18.4 Å². The first-order valence-electron chi connectivity index (χ1n) is 11.7. The zero-order chi connectivity index (χ0) is 23.8. The number of nitrogens with zero attached hydrogens (tertiary/aromatic N) is 5. The highest BCUT2D eigenvalue weighted by Gasteiger charge is 2.42. The molecule has 3 atom stereocenters. The van der Waals surface area contributed by atoms with E-state index >= 15 is 0 Å². The van der Waals surface area contributed by atoms with Crippen LogP contribution >= 0.6 is 0 Å². The van der Waals surface area contributed by atoms with Gasteiger partial charge in [0.25, 0.3) is 0 Å². The number of methoxy groups -OCH3 is 1. The standard InChI is InChI=1S/C25H29F2N5O2/c1-15(2)32-25(34-19-6-7-21(26)22(27)11-19)29-23(30-32)12-20-16-4-5-17(20)14-31(13-16)18-8-9-28-24(10-18)33-3/h6-11,15-17,20H,4-5,12-14H2,1-3H3/t16-,17+,20?. The van der Waals surface area contributed by atoms with Gasteiger partial charge in [-0.3, -0.25) is 0 Å². The van der Waals surface area contributed by atoms with Crippen LogP contribution in [0.5, 0.6) is 17.6 Å². The molecule has 1 aliphatic heterocycles. The molecule has 180 valence electrons. The molecule has 1 saturated heterocycles. The van der Waals surface area contributed by atoms with Crippen LogP contribution in [0.2, 0.25) is 0 Å². The van der Waals surface area contributed by atoms with Crippen LogP contribution < -0.4 is 14.4 Å². The van der Waals surface area contributed by atoms with E-state index in [0.29, 0.717) is 29.6 Å². The molecule has 0 amide bonds. The summed E-state index contributed by atoms with van der Waals surface area (Å²) in [7, 11) is 1.63. The number of piperidine rings is 1. The summed E-state index contributed by atoms with van der Waals surface area (Å²) in [5.74, 6) is 1.30. The molecule has 5 rings (SSSR count). The second kappa shape index (κ2) is 9.19. The number of anilines is 1. The largest absolute Gasteiger partial charge is 0.481 e. The molecule has 1 aromatic carbocycles. The Hall–Kier alpha value is -3.23. The molecule has 0 radical (unpaired) electrons. The molecule has 0 spiro atoms. The SMILES string of the molecule is COc1cc(N2C[C@H]3CC[C@@H](C2)C3Cc2nc(Oc3ccc(F)c(F)c3)n(C(C)C)n2)ccn1. The molecule has 3 aromatic rings. The number of halogens is 2. The third-order valence-electron chi connectivity index (χ3n) is 6.97. The van der Waals surface area contributed by atoms with Gasteiger partial charge in [0.1, 0.15) is 5.75 Å². The minimum atomic E-state index is -0.955. The lowest BCUT2D eigenvalue weighted by atomic mass is 9.82. The molecular weight excluding hydrogens is 440 g/mol. The summed E-state index contributed by atoms with van der Waals surface area (Å²) in [6.07, 6.45) is 4.95. The molecule has 0 N–H and O–H groups in total. The van der Waals surface area contributed by atoms with Gasteiger partial charge in [0.05, 0.1) is 13.2 Å². The van der Waals surface area contributed by atoms with Crippen molar-refractivity contribution in [1.29, 1.82) is 0 Å². The second-order valence-corrected chi connectivity index (χ2v) is 9.45. The minimum absolute atomic E-state index is 0.0155. The Balaban J connectivity index is 1.32. The molecule has 7 nitrogen and oxygen atoms in total. The first-order valence-corrected chi connectivity index (χ1v) is 11.7. The van der Waals surface area contributed by atoms with Crippen molar-refractivity contribution < 1.29 is 18.3 Å². The molecule has 34 heavy (non-hydrogen) atoms. The average molecular weight is 470 g/mol. The summed E-state index contributed by atoms with van der Waals surface area (Å²) < 4.78 is 39.7. The highest BCUT2D eigenvalue weighted by atomic mass is 19.2. The molecule has 3 heterocycles. The molecule has 2 fully saturated rings. The van der Waals surface area contributed by atoms with Gasteiger partial charge in [-0.1, -0.05) is 0 Å². The molecular formula is C25H29F2N5O2. The normalized spacial score (nSPS) is 21.8. The third-order valence-corrected chi connectivity index (χ3v) is 6.97. The van der Waals surface area contributed by atoms with Gasteiger partial charge in [-0.15, -0.1) is 0 Å². The van der Waals surface area contributed by atoms with Crippen molar-refractivity contribution in [1.82, 2.24) is 19.7 Å². The minimum Gasteiger partial charge on any atom is -0.481 e. The lowest BCUT2D eigenvalue weighted by Crippen LogP contribution is -2.42. The van der Waals surface area contributed by atoms with Crippen molar-refractivity contribution in [3.8, 4) is 17.6 Å². The zero-order valence-corrected chi connectivity index (χ0v) is 19.6. The molecule has 2 bridgehead atoms. The number of ether oxygens (including phenoxy) is 2. The predicted molar refractivity (Wildman–Crippen MR) is 123 cm³/mol. The lowest BCUT2D eigenvalue weighted by Gasteiger charge is -2.39. The first-order chi connectivity index (χ1) is 16.4. The Labute approximate surface area is 197 Å². The van der Waals surface area contributed by atoms with Gasteiger partial charge in [-0.05, 0) is 62.6 Å². The molecule has 9 heteroatoms. The van der Waals surface area contributed by atoms with Crippen LogP contribution in [0.15, 0.2) is 36.5 Å². The maximum Gasteiger partial charge on any atom is 0.320 e. The Kier molecular flexibility index (Phi) is 6.10. The molecule has 1 unspecified atom stereocenters. The number of fused-ring (bicyclic) bond motifs is 2. The molecule has 1 aliphatic carbocycles. The molecule has 1 saturated carbocycles. The van der Waals surface area contributed by atoms with Crippen molar-refractivity contribution >= 4 is 5.69 Å². The van der Waals surface area contributed by atoms with Gasteiger partial charge < -0.3 is 14.4 Å². The highest BCUT2D eigenvalue weighted by molar-refractivity contribution is 5.49. The zero-order valence-electron chi connectivity index (χ0n) is 19.6. The Bertz CT molecular complexity index is 1150. The molecule has 2 aliphatic rings. The summed E-state index contributed by atoms with van der Waals surface area (Å²) in [5.41, 5.74) is 1.15. The van der Waals surface area contributed by atoms with Crippen LogP contribution in [-0.4, -0.2) is 39.9 Å². The van der Waals surface area contributed by atoms with Crippen LogP contribution in [0.3, 0.4) is 0 Å². The average Bonchev–Trinajstić information content (AvgIpc) is 3.32. The van der Waals surface area contributed by atoms with Gasteiger partial charge in [0.2, 0.25) is 5.88 Å². The van der Waals surface area contributed by atoms with E-state index in [1.807, 2.05) is 26.0 Å². The van der Waals surface area contributed by atoms with Crippen LogP contribution in [0, 0.1) is 29.4 Å². The Morgan fingerprint density at radius 3 is 2.50 bits per heavy atom. The summed E-state index contributed by atoms with van der Waals surface area (Å²) in [6.45, 7) is 5.94. The van der Waals surface area contributed by atoms with Crippen LogP contribution in [0.1, 0.15) is 38.6 Å². The summed E-state index contributed by atoms with van der Waals surface area (Å²) in [4.78, 5) is 11.3. The van der Waals surface area contributed by atoms with E-state index in [2.05, 4.69) is 14.9 Å². The first kappa shape index (κ1) is 22.6. The lowest BCUT2D eigenvalue weighted by molar-refractivity contribution is 0.265. The third kappa shape index (κ3) is 4.43. The van der Waals surface area contributed by atoms with Crippen molar-refractivity contribution in [3.05, 3.63) is 54.0 Å². The van der Waals surface area contributed by atoms with E-state index in [1.54, 1.807) is 18.0 Å². The topological polar surface area (TPSA) is 65.3 Å². The van der Waals surface area contributed by atoms with Crippen LogP contribution in [-0.2, 0) is 6.42 Å². The van der Waals surface area contributed by atoms with Gasteiger partial charge in [0, 0.05) is 43.5 Å². The molecule has 2 aromatic heterocycles. The van der Waals surface area contributed by atoms with Crippen molar-refractivity contribution in [2.45, 2.75) is 39.2 Å².